The summed E-state index contributed by atoms with van der Waals surface area (Å²) in [7, 11) is 0. The molecule has 2 saturated carbocycles. The third-order valence-corrected chi connectivity index (χ3v) is 6.33. The average Bonchev–Trinajstić information content (AvgIpc) is 3.03. The van der Waals surface area contributed by atoms with Gasteiger partial charge in [-0.3, -0.25) is 9.59 Å². The molecule has 4 aliphatic rings. The Morgan fingerprint density at radius 3 is 2.74 bits per heavy atom. The third-order valence-electron chi connectivity index (χ3n) is 5.13. The van der Waals surface area contributed by atoms with Crippen LogP contribution in [-0.4, -0.2) is 54.0 Å². The van der Waals surface area contributed by atoms with Crippen LogP contribution in [0.1, 0.15) is 6.42 Å². The molecule has 4 rings (SSSR count). The number of hydrogen-bond acceptors (Lipinski definition) is 4. The quantitative estimate of drug-likeness (QED) is 0.516. The Morgan fingerprint density at radius 2 is 2.00 bits per heavy atom. The number of morpholine rings is 1. The van der Waals surface area contributed by atoms with E-state index in [-0.39, 0.29) is 46.5 Å². The van der Waals surface area contributed by atoms with Crippen molar-refractivity contribution in [3.05, 3.63) is 0 Å². The monoisotopic (exact) mass is 329 g/mol. The zero-order valence-corrected chi connectivity index (χ0v) is 12.0. The first-order valence-electron chi connectivity index (χ1n) is 6.89. The van der Waals surface area contributed by atoms with Crippen LogP contribution in [0.15, 0.2) is 0 Å². The van der Waals surface area contributed by atoms with E-state index in [1.165, 1.54) is 0 Å². The summed E-state index contributed by atoms with van der Waals surface area (Å²) in [5.41, 5.74) is 0. The lowest BCUT2D eigenvalue weighted by Crippen LogP contribution is -2.49. The number of carbonyl (C=O) groups excluding carboxylic acids is 2. The van der Waals surface area contributed by atoms with E-state index < -0.39 is 0 Å². The van der Waals surface area contributed by atoms with E-state index in [2.05, 4.69) is 15.9 Å². The second kappa shape index (κ2) is 4.19. The Kier molecular flexibility index (Phi) is 2.68. The minimum atomic E-state index is -0.195. The van der Waals surface area contributed by atoms with E-state index in [1.807, 2.05) is 4.90 Å². The highest BCUT2D eigenvalue weighted by Crippen LogP contribution is 2.60. The molecule has 6 atom stereocenters. The summed E-state index contributed by atoms with van der Waals surface area (Å²) in [5.74, 6) is 0.0881. The molecule has 2 aliphatic carbocycles. The number of halogens is 1. The second-order valence-corrected chi connectivity index (χ2v) is 6.96. The largest absolute Gasteiger partial charge is 0.461 e. The SMILES string of the molecule is O=C1O[C@H]2[C@@H](Br)[C@H]3C[C@H]2[C@@H]1[C@@H]3C(=O)N1CCOCC1. The van der Waals surface area contributed by atoms with Crippen LogP contribution < -0.4 is 0 Å². The van der Waals surface area contributed by atoms with Crippen LogP contribution in [0.4, 0.5) is 0 Å². The molecule has 0 spiro atoms. The Morgan fingerprint density at radius 1 is 1.26 bits per heavy atom. The Hall–Kier alpha value is -0.620. The fourth-order valence-electron chi connectivity index (χ4n) is 4.30. The Balaban J connectivity index is 1.61. The van der Waals surface area contributed by atoms with Crippen molar-refractivity contribution in [1.82, 2.24) is 4.90 Å². The van der Waals surface area contributed by atoms with E-state index in [4.69, 9.17) is 9.47 Å². The van der Waals surface area contributed by atoms with Crippen molar-refractivity contribution in [3.63, 3.8) is 0 Å². The number of nitrogens with zero attached hydrogens (tertiary/aromatic N) is 1. The topological polar surface area (TPSA) is 55.8 Å². The molecule has 0 radical (unpaired) electrons. The van der Waals surface area contributed by atoms with Crippen LogP contribution in [-0.2, 0) is 19.1 Å². The predicted octanol–water partition coefficient (Wildman–Crippen LogP) is 0.416. The summed E-state index contributed by atoms with van der Waals surface area (Å²) >= 11 is 3.64. The normalized spacial score (nSPS) is 47.6. The van der Waals surface area contributed by atoms with Gasteiger partial charge in [0, 0.05) is 19.0 Å². The molecular formula is C13H16BrNO4. The molecule has 6 heteroatoms. The average molecular weight is 330 g/mol. The summed E-state index contributed by atoms with van der Waals surface area (Å²) in [6.45, 7) is 2.49. The number of amides is 1. The van der Waals surface area contributed by atoms with E-state index in [1.54, 1.807) is 0 Å². The molecule has 0 aromatic heterocycles. The highest BCUT2D eigenvalue weighted by Gasteiger charge is 2.68. The smallest absolute Gasteiger partial charge is 0.310 e. The number of rotatable bonds is 1. The maximum Gasteiger partial charge on any atom is 0.310 e. The molecule has 0 N–H and O–H groups in total. The standard InChI is InChI=1S/C13H16BrNO4/c14-10-6-5-7-9(13(17)19-11(7)10)8(6)12(16)15-1-3-18-4-2-15/h6-11H,1-5H2/t6-,7-,8+,9+,10-,11+/m0/s1. The van der Waals surface area contributed by atoms with Gasteiger partial charge >= 0.3 is 5.97 Å². The molecule has 2 bridgehead atoms. The van der Waals surface area contributed by atoms with Crippen LogP contribution in [0.5, 0.6) is 0 Å². The number of hydrogen-bond donors (Lipinski definition) is 0. The van der Waals surface area contributed by atoms with Gasteiger partial charge in [-0.2, -0.15) is 0 Å². The van der Waals surface area contributed by atoms with Gasteiger partial charge in [0.05, 0.1) is 29.9 Å². The second-order valence-electron chi connectivity index (χ2n) is 5.90. The minimum Gasteiger partial charge on any atom is -0.461 e. The lowest BCUT2D eigenvalue weighted by atomic mass is 9.79. The highest BCUT2D eigenvalue weighted by atomic mass is 79.9. The van der Waals surface area contributed by atoms with E-state index in [9.17, 15) is 9.59 Å². The maximum absolute atomic E-state index is 12.7. The van der Waals surface area contributed by atoms with Crippen molar-refractivity contribution in [2.24, 2.45) is 23.7 Å². The lowest BCUT2D eigenvalue weighted by Gasteiger charge is -2.34. The van der Waals surface area contributed by atoms with Gasteiger partial charge < -0.3 is 14.4 Å². The van der Waals surface area contributed by atoms with Gasteiger partial charge in [-0.25, -0.2) is 0 Å². The van der Waals surface area contributed by atoms with Crippen molar-refractivity contribution < 1.29 is 19.1 Å². The number of ether oxygens (including phenoxy) is 2. The zero-order chi connectivity index (χ0) is 13.1. The van der Waals surface area contributed by atoms with E-state index >= 15 is 0 Å². The molecule has 2 heterocycles. The van der Waals surface area contributed by atoms with Crippen molar-refractivity contribution in [3.8, 4) is 0 Å². The molecule has 5 nitrogen and oxygen atoms in total. The molecule has 0 aromatic rings. The number of carbonyl (C=O) groups is 2. The van der Waals surface area contributed by atoms with Crippen LogP contribution in [0.25, 0.3) is 0 Å². The summed E-state index contributed by atoms with van der Waals surface area (Å²) in [6, 6.07) is 0. The molecular weight excluding hydrogens is 314 g/mol. The number of fused-ring (bicyclic) bond motifs is 1. The van der Waals surface area contributed by atoms with Gasteiger partial charge in [0.2, 0.25) is 5.91 Å². The molecule has 1 amide bonds. The summed E-state index contributed by atoms with van der Waals surface area (Å²) in [6.07, 6.45) is 0.939. The molecule has 2 saturated heterocycles. The van der Waals surface area contributed by atoms with Gasteiger partial charge in [0.15, 0.2) is 0 Å². The van der Waals surface area contributed by atoms with Crippen molar-refractivity contribution in [2.75, 3.05) is 26.3 Å². The summed E-state index contributed by atoms with van der Waals surface area (Å²) in [5, 5.41) is 0. The molecule has 104 valence electrons. The lowest BCUT2D eigenvalue weighted by molar-refractivity contribution is -0.149. The first-order chi connectivity index (χ1) is 9.18. The first kappa shape index (κ1) is 12.1. The first-order valence-corrected chi connectivity index (χ1v) is 7.81. The highest BCUT2D eigenvalue weighted by molar-refractivity contribution is 9.09. The Bertz CT molecular complexity index is 436. The molecule has 4 fully saturated rings. The maximum atomic E-state index is 12.7. The molecule has 0 aromatic carbocycles. The fourth-order valence-corrected chi connectivity index (χ4v) is 5.35. The van der Waals surface area contributed by atoms with Gasteiger partial charge in [-0.15, -0.1) is 0 Å². The fraction of sp³-hybridized carbons (Fsp3) is 0.846. The number of alkyl halides is 1. The summed E-state index contributed by atoms with van der Waals surface area (Å²) in [4.78, 5) is 26.7. The molecule has 2 aliphatic heterocycles. The molecule has 19 heavy (non-hydrogen) atoms. The van der Waals surface area contributed by atoms with Gasteiger partial charge in [0.1, 0.15) is 6.10 Å². The van der Waals surface area contributed by atoms with E-state index in [0.717, 1.165) is 6.42 Å². The van der Waals surface area contributed by atoms with Crippen molar-refractivity contribution in [2.45, 2.75) is 17.4 Å². The van der Waals surface area contributed by atoms with E-state index in [0.29, 0.717) is 26.3 Å². The van der Waals surface area contributed by atoms with Crippen LogP contribution in [0, 0.1) is 23.7 Å². The van der Waals surface area contributed by atoms with Gasteiger partial charge in [0.25, 0.3) is 0 Å². The zero-order valence-electron chi connectivity index (χ0n) is 10.5. The van der Waals surface area contributed by atoms with Crippen LogP contribution >= 0.6 is 15.9 Å². The Labute approximate surface area is 119 Å². The van der Waals surface area contributed by atoms with Gasteiger partial charge in [-0.05, 0) is 12.3 Å². The van der Waals surface area contributed by atoms with Crippen molar-refractivity contribution >= 4 is 27.8 Å². The number of esters is 1. The predicted molar refractivity (Wildman–Crippen MR) is 68.6 cm³/mol. The van der Waals surface area contributed by atoms with Gasteiger partial charge in [-0.1, -0.05) is 15.9 Å². The third kappa shape index (κ3) is 1.56. The van der Waals surface area contributed by atoms with Crippen LogP contribution in [0.2, 0.25) is 0 Å². The van der Waals surface area contributed by atoms with Crippen molar-refractivity contribution in [1.29, 1.82) is 0 Å². The molecule has 0 unspecified atom stereocenters. The minimum absolute atomic E-state index is 0.00348. The van der Waals surface area contributed by atoms with Crippen LogP contribution in [0.3, 0.4) is 0 Å². The summed E-state index contributed by atoms with van der Waals surface area (Å²) < 4.78 is 10.7.